The third-order valence-corrected chi connectivity index (χ3v) is 2.39. The first kappa shape index (κ1) is 11.1. The van der Waals surface area contributed by atoms with E-state index in [4.69, 9.17) is 0 Å². The van der Waals surface area contributed by atoms with Crippen LogP contribution in [-0.2, 0) is 11.8 Å². The molecule has 4 nitrogen and oxygen atoms in total. The van der Waals surface area contributed by atoms with E-state index in [0.717, 1.165) is 0 Å². The summed E-state index contributed by atoms with van der Waals surface area (Å²) in [6.07, 6.45) is 1.79. The second kappa shape index (κ2) is 4.65. The quantitative estimate of drug-likeness (QED) is 0.819. The molecule has 0 radical (unpaired) electrons. The molecule has 86 valence electrons. The molecule has 0 aliphatic carbocycles. The lowest BCUT2D eigenvalue weighted by molar-refractivity contribution is -0.129. The van der Waals surface area contributed by atoms with Crippen LogP contribution in [0.25, 0.3) is 0 Å². The molecular weight excluding hydrogens is 216 g/mol. The van der Waals surface area contributed by atoms with Gasteiger partial charge in [0.15, 0.2) is 5.71 Å². The summed E-state index contributed by atoms with van der Waals surface area (Å²) < 4.78 is 1.73. The molecule has 17 heavy (non-hydrogen) atoms. The maximum absolute atomic E-state index is 11.2. The molecule has 2 aromatic rings. The van der Waals surface area contributed by atoms with Crippen LogP contribution < -0.4 is 0 Å². The number of benzene rings is 1. The van der Waals surface area contributed by atoms with Gasteiger partial charge in [-0.3, -0.25) is 0 Å². The predicted molar refractivity (Wildman–Crippen MR) is 65.7 cm³/mol. The Hall–Kier alpha value is -2.36. The van der Waals surface area contributed by atoms with Crippen molar-refractivity contribution in [3.63, 3.8) is 0 Å². The van der Waals surface area contributed by atoms with Crippen molar-refractivity contribution in [2.75, 3.05) is 0 Å². The van der Waals surface area contributed by atoms with Crippen LogP contribution in [0.15, 0.2) is 53.7 Å². The maximum atomic E-state index is 11.2. The first-order valence-electron chi connectivity index (χ1n) is 5.17. The molecule has 0 atom stereocenters. The van der Waals surface area contributed by atoms with Crippen molar-refractivity contribution in [2.24, 2.45) is 12.0 Å². The molecule has 0 saturated heterocycles. The van der Waals surface area contributed by atoms with Gasteiger partial charge in [-0.2, -0.15) is 0 Å². The molecule has 0 amide bonds. The zero-order valence-electron chi connectivity index (χ0n) is 9.37. The Balaban J connectivity index is 2.48. The highest BCUT2D eigenvalue weighted by molar-refractivity contribution is 6.42. The minimum Gasteiger partial charge on any atom is -0.476 e. The summed E-state index contributed by atoms with van der Waals surface area (Å²) in [6, 6.07) is 12.6. The SMILES string of the molecule is Cn1cccc1C(=Nc1ccccc1)C(=O)O. The molecule has 0 saturated carbocycles. The van der Waals surface area contributed by atoms with Crippen LogP contribution in [0.1, 0.15) is 5.69 Å². The number of carboxylic acids is 1. The molecular formula is C13H12N2O2. The highest BCUT2D eigenvalue weighted by atomic mass is 16.4. The van der Waals surface area contributed by atoms with Gasteiger partial charge in [-0.1, -0.05) is 18.2 Å². The number of hydrogen-bond acceptors (Lipinski definition) is 2. The predicted octanol–water partition coefficient (Wildman–Crippen LogP) is 2.23. The number of carbonyl (C=O) groups is 1. The highest BCUT2D eigenvalue weighted by Crippen LogP contribution is 2.13. The standard InChI is InChI=1S/C13H12N2O2/c1-15-9-5-8-11(15)12(13(16)17)14-10-6-3-2-4-7-10/h2-9H,1H3,(H,16,17). The summed E-state index contributed by atoms with van der Waals surface area (Å²) in [4.78, 5) is 15.4. The van der Waals surface area contributed by atoms with Crippen LogP contribution in [0.4, 0.5) is 5.69 Å². The molecule has 0 aliphatic rings. The zero-order valence-corrected chi connectivity index (χ0v) is 9.37. The second-order valence-corrected chi connectivity index (χ2v) is 3.61. The van der Waals surface area contributed by atoms with Gasteiger partial charge in [-0.15, -0.1) is 0 Å². The average molecular weight is 228 g/mol. The van der Waals surface area contributed by atoms with Crippen LogP contribution in [0.5, 0.6) is 0 Å². The summed E-state index contributed by atoms with van der Waals surface area (Å²) in [5, 5.41) is 9.19. The van der Waals surface area contributed by atoms with Gasteiger partial charge < -0.3 is 9.67 Å². The van der Waals surface area contributed by atoms with Crippen LogP contribution in [0, 0.1) is 0 Å². The molecule has 0 fully saturated rings. The number of rotatable bonds is 3. The number of aliphatic carboxylic acids is 1. The fourth-order valence-electron chi connectivity index (χ4n) is 1.55. The Morgan fingerprint density at radius 1 is 1.18 bits per heavy atom. The van der Waals surface area contributed by atoms with Gasteiger partial charge in [-0.05, 0) is 24.3 Å². The van der Waals surface area contributed by atoms with Crippen molar-refractivity contribution in [1.29, 1.82) is 0 Å². The van der Waals surface area contributed by atoms with Crippen molar-refractivity contribution < 1.29 is 9.90 Å². The fraction of sp³-hybridized carbons (Fsp3) is 0.0769. The topological polar surface area (TPSA) is 54.6 Å². The van der Waals surface area contributed by atoms with E-state index in [1.54, 1.807) is 42.1 Å². The third kappa shape index (κ3) is 2.42. The van der Waals surface area contributed by atoms with Crippen LogP contribution in [0.3, 0.4) is 0 Å². The number of para-hydroxylation sites is 1. The molecule has 0 aliphatic heterocycles. The number of aromatic nitrogens is 1. The first-order chi connectivity index (χ1) is 8.18. The van der Waals surface area contributed by atoms with Gasteiger partial charge in [0.2, 0.25) is 0 Å². The number of hydrogen-bond donors (Lipinski definition) is 1. The summed E-state index contributed by atoms with van der Waals surface area (Å²) in [5.74, 6) is -1.03. The van der Waals surface area contributed by atoms with Crippen molar-refractivity contribution >= 4 is 17.4 Å². The summed E-state index contributed by atoms with van der Waals surface area (Å²) >= 11 is 0. The second-order valence-electron chi connectivity index (χ2n) is 3.61. The minimum atomic E-state index is -1.03. The Morgan fingerprint density at radius 3 is 2.41 bits per heavy atom. The lowest BCUT2D eigenvalue weighted by atomic mass is 10.2. The first-order valence-corrected chi connectivity index (χ1v) is 5.17. The smallest absolute Gasteiger partial charge is 0.356 e. The molecule has 1 aromatic carbocycles. The normalized spacial score (nSPS) is 11.5. The monoisotopic (exact) mass is 228 g/mol. The van der Waals surface area contributed by atoms with Crippen molar-refractivity contribution in [1.82, 2.24) is 4.57 Å². The van der Waals surface area contributed by atoms with E-state index >= 15 is 0 Å². The van der Waals surface area contributed by atoms with E-state index in [9.17, 15) is 9.90 Å². The van der Waals surface area contributed by atoms with E-state index in [0.29, 0.717) is 11.4 Å². The molecule has 1 aromatic heterocycles. The zero-order chi connectivity index (χ0) is 12.3. The fourth-order valence-corrected chi connectivity index (χ4v) is 1.55. The van der Waals surface area contributed by atoms with Crippen LogP contribution in [-0.4, -0.2) is 21.4 Å². The Bertz CT molecular complexity index is 556. The van der Waals surface area contributed by atoms with Crippen LogP contribution >= 0.6 is 0 Å². The van der Waals surface area contributed by atoms with Gasteiger partial charge in [0.05, 0.1) is 11.4 Å². The molecule has 1 N–H and O–H groups in total. The largest absolute Gasteiger partial charge is 0.476 e. The van der Waals surface area contributed by atoms with E-state index in [1.807, 2.05) is 18.2 Å². The summed E-state index contributed by atoms with van der Waals surface area (Å²) in [5.41, 5.74) is 1.26. The molecule has 0 bridgehead atoms. The van der Waals surface area contributed by atoms with Gasteiger partial charge in [0.25, 0.3) is 0 Å². The van der Waals surface area contributed by atoms with E-state index < -0.39 is 5.97 Å². The molecule has 1 heterocycles. The third-order valence-electron chi connectivity index (χ3n) is 2.39. The van der Waals surface area contributed by atoms with E-state index in [-0.39, 0.29) is 5.71 Å². The Labute approximate surface area is 98.9 Å². The summed E-state index contributed by atoms with van der Waals surface area (Å²) in [6.45, 7) is 0. The minimum absolute atomic E-state index is 0.0451. The van der Waals surface area contributed by atoms with Crippen molar-refractivity contribution in [3.8, 4) is 0 Å². The average Bonchev–Trinajstić information content (AvgIpc) is 2.73. The van der Waals surface area contributed by atoms with Gasteiger partial charge in [-0.25, -0.2) is 9.79 Å². The van der Waals surface area contributed by atoms with E-state index in [2.05, 4.69) is 4.99 Å². The Kier molecular flexibility index (Phi) is 3.05. The molecule has 2 rings (SSSR count). The number of nitrogens with zero attached hydrogens (tertiary/aromatic N) is 2. The van der Waals surface area contributed by atoms with Crippen molar-refractivity contribution in [3.05, 3.63) is 54.4 Å². The number of aliphatic imine (C=N–C) groups is 1. The molecule has 0 unspecified atom stereocenters. The highest BCUT2D eigenvalue weighted by Gasteiger charge is 2.15. The van der Waals surface area contributed by atoms with Crippen LogP contribution in [0.2, 0.25) is 0 Å². The number of carboxylic acid groups (broad SMARTS) is 1. The maximum Gasteiger partial charge on any atom is 0.356 e. The molecule has 4 heteroatoms. The van der Waals surface area contributed by atoms with Gasteiger partial charge in [0.1, 0.15) is 0 Å². The molecule has 0 spiro atoms. The van der Waals surface area contributed by atoms with Gasteiger partial charge in [0, 0.05) is 13.2 Å². The van der Waals surface area contributed by atoms with E-state index in [1.165, 1.54) is 0 Å². The summed E-state index contributed by atoms with van der Waals surface area (Å²) in [7, 11) is 1.79. The lowest BCUT2D eigenvalue weighted by Gasteiger charge is -2.03. The van der Waals surface area contributed by atoms with Gasteiger partial charge >= 0.3 is 5.97 Å². The Morgan fingerprint density at radius 2 is 1.88 bits per heavy atom. The lowest BCUT2D eigenvalue weighted by Crippen LogP contribution is -2.17. The van der Waals surface area contributed by atoms with Crippen molar-refractivity contribution in [2.45, 2.75) is 0 Å². The number of aryl methyl sites for hydroxylation is 1.